The minimum absolute atomic E-state index is 0.193. The maximum absolute atomic E-state index is 11.5. The summed E-state index contributed by atoms with van der Waals surface area (Å²) in [5.41, 5.74) is 5.54. The highest BCUT2D eigenvalue weighted by molar-refractivity contribution is 5.89. The van der Waals surface area contributed by atoms with Crippen LogP contribution in [0.3, 0.4) is 0 Å². The van der Waals surface area contributed by atoms with Gasteiger partial charge in [0, 0.05) is 0 Å². The van der Waals surface area contributed by atoms with Crippen LogP contribution in [0.1, 0.15) is 26.7 Å². The zero-order valence-electron chi connectivity index (χ0n) is 9.84. The Hall–Kier alpha value is -1.63. The van der Waals surface area contributed by atoms with E-state index in [-0.39, 0.29) is 5.92 Å². The number of aliphatic carboxylic acids is 2. The average molecular weight is 246 g/mol. The van der Waals surface area contributed by atoms with Crippen LogP contribution in [-0.2, 0) is 14.4 Å². The molecule has 1 amide bonds. The lowest BCUT2D eigenvalue weighted by molar-refractivity contribution is -0.147. The molecule has 7 heteroatoms. The van der Waals surface area contributed by atoms with Crippen molar-refractivity contribution in [3.05, 3.63) is 0 Å². The Morgan fingerprint density at radius 1 is 1.24 bits per heavy atom. The summed E-state index contributed by atoms with van der Waals surface area (Å²) in [6.07, 6.45) is -0.263. The second kappa shape index (κ2) is 6.85. The van der Waals surface area contributed by atoms with Crippen molar-refractivity contribution < 1.29 is 24.6 Å². The highest BCUT2D eigenvalue weighted by Crippen LogP contribution is 2.03. The van der Waals surface area contributed by atoms with E-state index in [0.29, 0.717) is 6.42 Å². The van der Waals surface area contributed by atoms with E-state index in [1.54, 1.807) is 0 Å². The Balaban J connectivity index is 4.39. The van der Waals surface area contributed by atoms with Crippen LogP contribution in [0.15, 0.2) is 0 Å². The van der Waals surface area contributed by atoms with Crippen molar-refractivity contribution in [1.29, 1.82) is 0 Å². The second-order valence-corrected chi connectivity index (χ2v) is 4.23. The number of amides is 1. The van der Waals surface area contributed by atoms with Crippen LogP contribution in [-0.4, -0.2) is 40.1 Å². The van der Waals surface area contributed by atoms with E-state index in [9.17, 15) is 14.4 Å². The monoisotopic (exact) mass is 246 g/mol. The number of nitrogens with one attached hydrogen (secondary N) is 1. The van der Waals surface area contributed by atoms with Gasteiger partial charge in [-0.3, -0.25) is 9.59 Å². The molecule has 0 saturated heterocycles. The zero-order valence-corrected chi connectivity index (χ0v) is 9.84. The van der Waals surface area contributed by atoms with E-state index in [0.717, 1.165) is 0 Å². The summed E-state index contributed by atoms with van der Waals surface area (Å²) >= 11 is 0. The SMILES string of the molecule is CC(C)C[C@H](N)C(=O)NC(CC(=O)O)C(=O)O. The number of carbonyl (C=O) groups excluding carboxylic acids is 1. The van der Waals surface area contributed by atoms with Gasteiger partial charge in [0.1, 0.15) is 6.04 Å². The van der Waals surface area contributed by atoms with Gasteiger partial charge in [0.25, 0.3) is 0 Å². The van der Waals surface area contributed by atoms with Crippen molar-refractivity contribution in [2.24, 2.45) is 11.7 Å². The maximum Gasteiger partial charge on any atom is 0.326 e. The molecule has 2 atom stereocenters. The zero-order chi connectivity index (χ0) is 13.6. The highest BCUT2D eigenvalue weighted by atomic mass is 16.4. The number of carboxylic acids is 2. The Morgan fingerprint density at radius 2 is 1.76 bits per heavy atom. The third-order valence-electron chi connectivity index (χ3n) is 2.06. The molecule has 98 valence electrons. The van der Waals surface area contributed by atoms with Crippen molar-refractivity contribution in [1.82, 2.24) is 5.32 Å². The lowest BCUT2D eigenvalue weighted by atomic mass is 10.0. The van der Waals surface area contributed by atoms with Gasteiger partial charge in [-0.25, -0.2) is 4.79 Å². The first-order valence-electron chi connectivity index (χ1n) is 5.24. The van der Waals surface area contributed by atoms with Gasteiger partial charge in [0.15, 0.2) is 0 Å². The van der Waals surface area contributed by atoms with Gasteiger partial charge in [0.05, 0.1) is 12.5 Å². The molecule has 0 aliphatic carbocycles. The van der Waals surface area contributed by atoms with E-state index in [2.05, 4.69) is 5.32 Å². The highest BCUT2D eigenvalue weighted by Gasteiger charge is 2.25. The molecular formula is C10H18N2O5. The van der Waals surface area contributed by atoms with Crippen LogP contribution in [0.2, 0.25) is 0 Å². The molecule has 0 aliphatic rings. The van der Waals surface area contributed by atoms with Crippen molar-refractivity contribution in [3.63, 3.8) is 0 Å². The normalized spacial score (nSPS) is 14.1. The summed E-state index contributed by atoms with van der Waals surface area (Å²) in [6, 6.07) is -2.27. The van der Waals surface area contributed by atoms with Crippen LogP contribution >= 0.6 is 0 Å². The van der Waals surface area contributed by atoms with Crippen LogP contribution < -0.4 is 11.1 Å². The average Bonchev–Trinajstić information content (AvgIpc) is 2.14. The molecule has 0 saturated carbocycles. The smallest absolute Gasteiger partial charge is 0.326 e. The standard InChI is InChI=1S/C10H18N2O5/c1-5(2)3-6(11)9(15)12-7(10(16)17)4-8(13)14/h5-7H,3-4,11H2,1-2H3,(H,12,15)(H,13,14)(H,16,17)/t6-,7?/m0/s1. The van der Waals surface area contributed by atoms with Crippen LogP contribution in [0, 0.1) is 5.92 Å². The van der Waals surface area contributed by atoms with Crippen molar-refractivity contribution >= 4 is 17.8 Å². The number of hydrogen-bond acceptors (Lipinski definition) is 4. The molecule has 0 radical (unpaired) electrons. The molecular weight excluding hydrogens is 228 g/mol. The minimum atomic E-state index is -1.45. The number of nitrogens with two attached hydrogens (primary N) is 1. The quantitative estimate of drug-likeness (QED) is 0.474. The van der Waals surface area contributed by atoms with Gasteiger partial charge in [-0.1, -0.05) is 13.8 Å². The fourth-order valence-corrected chi connectivity index (χ4v) is 1.27. The number of carboxylic acid groups (broad SMARTS) is 2. The van der Waals surface area contributed by atoms with Crippen LogP contribution in [0.4, 0.5) is 0 Å². The van der Waals surface area contributed by atoms with Crippen LogP contribution in [0.5, 0.6) is 0 Å². The van der Waals surface area contributed by atoms with E-state index in [1.807, 2.05) is 13.8 Å². The molecule has 0 aliphatic heterocycles. The number of hydrogen-bond donors (Lipinski definition) is 4. The topological polar surface area (TPSA) is 130 Å². The summed E-state index contributed by atoms with van der Waals surface area (Å²) in [5.74, 6) is -3.14. The van der Waals surface area contributed by atoms with Crippen molar-refractivity contribution in [3.8, 4) is 0 Å². The molecule has 0 fully saturated rings. The predicted molar refractivity (Wildman–Crippen MR) is 59.2 cm³/mol. The first-order chi connectivity index (χ1) is 7.73. The van der Waals surface area contributed by atoms with Gasteiger partial charge in [0.2, 0.25) is 5.91 Å². The van der Waals surface area contributed by atoms with E-state index < -0.39 is 36.4 Å². The Morgan fingerprint density at radius 3 is 2.12 bits per heavy atom. The molecule has 0 rings (SSSR count). The molecule has 0 spiro atoms. The summed E-state index contributed by atoms with van der Waals surface area (Å²) in [6.45, 7) is 3.75. The molecule has 5 N–H and O–H groups in total. The maximum atomic E-state index is 11.5. The minimum Gasteiger partial charge on any atom is -0.481 e. The number of rotatable bonds is 7. The van der Waals surface area contributed by atoms with Gasteiger partial charge < -0.3 is 21.3 Å². The van der Waals surface area contributed by atoms with Gasteiger partial charge in [-0.2, -0.15) is 0 Å². The number of carbonyl (C=O) groups is 3. The fraction of sp³-hybridized carbons (Fsp3) is 0.700. The predicted octanol–water partition coefficient (Wildman–Crippen LogP) is -0.596. The van der Waals surface area contributed by atoms with Gasteiger partial charge >= 0.3 is 11.9 Å². The van der Waals surface area contributed by atoms with Crippen LogP contribution in [0.25, 0.3) is 0 Å². The van der Waals surface area contributed by atoms with Crippen molar-refractivity contribution in [2.45, 2.75) is 38.8 Å². The molecule has 0 heterocycles. The Kier molecular flexibility index (Phi) is 6.19. The fourth-order valence-electron chi connectivity index (χ4n) is 1.27. The lowest BCUT2D eigenvalue weighted by Crippen LogP contribution is -2.49. The lowest BCUT2D eigenvalue weighted by Gasteiger charge is -2.17. The van der Waals surface area contributed by atoms with Gasteiger partial charge in [-0.05, 0) is 12.3 Å². The Labute approximate surface area is 99.0 Å². The second-order valence-electron chi connectivity index (χ2n) is 4.23. The molecule has 7 nitrogen and oxygen atoms in total. The van der Waals surface area contributed by atoms with Gasteiger partial charge in [-0.15, -0.1) is 0 Å². The third-order valence-corrected chi connectivity index (χ3v) is 2.06. The molecule has 0 aromatic carbocycles. The van der Waals surface area contributed by atoms with Crippen molar-refractivity contribution in [2.75, 3.05) is 0 Å². The molecule has 1 unspecified atom stereocenters. The molecule has 17 heavy (non-hydrogen) atoms. The molecule has 0 aromatic heterocycles. The van der Waals surface area contributed by atoms with E-state index in [1.165, 1.54) is 0 Å². The molecule has 0 aromatic rings. The summed E-state index contributed by atoms with van der Waals surface area (Å²) in [7, 11) is 0. The third kappa shape index (κ3) is 6.52. The summed E-state index contributed by atoms with van der Waals surface area (Å²) in [4.78, 5) is 32.6. The van der Waals surface area contributed by atoms with E-state index >= 15 is 0 Å². The summed E-state index contributed by atoms with van der Waals surface area (Å²) < 4.78 is 0. The Bertz CT molecular complexity index is 303. The molecule has 0 bridgehead atoms. The largest absolute Gasteiger partial charge is 0.481 e. The first kappa shape index (κ1) is 15.4. The van der Waals surface area contributed by atoms with E-state index in [4.69, 9.17) is 15.9 Å². The first-order valence-corrected chi connectivity index (χ1v) is 5.24. The summed E-state index contributed by atoms with van der Waals surface area (Å²) in [5, 5.41) is 19.3.